The highest BCUT2D eigenvalue weighted by Crippen LogP contribution is 2.39. The third kappa shape index (κ3) is 4.47. The Kier molecular flexibility index (Phi) is 6.48. The largest absolute Gasteiger partial charge is 0.451 e. The van der Waals surface area contributed by atoms with Gasteiger partial charge in [-0.25, -0.2) is 9.97 Å². The zero-order valence-corrected chi connectivity index (χ0v) is 20.8. The Labute approximate surface area is 209 Å². The number of anilines is 2. The molecule has 0 saturated carbocycles. The van der Waals surface area contributed by atoms with Crippen LogP contribution >= 0.6 is 0 Å². The van der Waals surface area contributed by atoms with Crippen LogP contribution in [0.4, 0.5) is 24.8 Å². The number of piperidine rings is 1. The van der Waals surface area contributed by atoms with Crippen LogP contribution in [-0.2, 0) is 15.7 Å². The van der Waals surface area contributed by atoms with E-state index in [1.165, 1.54) is 11.6 Å². The van der Waals surface area contributed by atoms with E-state index >= 15 is 0 Å². The van der Waals surface area contributed by atoms with Crippen LogP contribution in [0.15, 0.2) is 30.4 Å². The molecule has 36 heavy (non-hydrogen) atoms. The number of nitrogens with zero attached hydrogens (tertiary/aromatic N) is 6. The lowest BCUT2D eigenvalue weighted by Gasteiger charge is -2.53. The van der Waals surface area contributed by atoms with Crippen LogP contribution in [0, 0.1) is 0 Å². The minimum atomic E-state index is -4.63. The van der Waals surface area contributed by atoms with Crippen LogP contribution in [0.2, 0.25) is 0 Å². The monoisotopic (exact) mass is 506 g/mol. The number of halogens is 3. The third-order valence-electron chi connectivity index (χ3n) is 8.31. The molecule has 3 fully saturated rings. The van der Waals surface area contributed by atoms with Gasteiger partial charge in [0.2, 0.25) is 11.7 Å². The number of amides is 1. The quantitative estimate of drug-likeness (QED) is 0.460. The second-order valence-electron chi connectivity index (χ2n) is 10.1. The van der Waals surface area contributed by atoms with E-state index in [4.69, 9.17) is 4.74 Å². The summed E-state index contributed by atoms with van der Waals surface area (Å²) in [7, 11) is 0. The summed E-state index contributed by atoms with van der Waals surface area (Å²) in [5.41, 5.74) is 0.912. The van der Waals surface area contributed by atoms with Gasteiger partial charge in [-0.1, -0.05) is 12.7 Å². The molecular formula is C25H33F3N6O2. The van der Waals surface area contributed by atoms with Crippen molar-refractivity contribution in [3.05, 3.63) is 36.2 Å². The first-order valence-electron chi connectivity index (χ1n) is 12.6. The maximum atomic E-state index is 13.8. The van der Waals surface area contributed by atoms with Crippen LogP contribution in [-0.4, -0.2) is 95.8 Å². The van der Waals surface area contributed by atoms with Crippen molar-refractivity contribution in [2.75, 3.05) is 62.2 Å². The van der Waals surface area contributed by atoms with Gasteiger partial charge < -0.3 is 19.4 Å². The van der Waals surface area contributed by atoms with Crippen LogP contribution in [0.25, 0.3) is 0 Å². The van der Waals surface area contributed by atoms with E-state index in [1.54, 1.807) is 11.0 Å². The number of alkyl halides is 3. The molecule has 5 rings (SSSR count). The first-order chi connectivity index (χ1) is 17.1. The predicted molar refractivity (Wildman–Crippen MR) is 130 cm³/mol. The molecule has 0 radical (unpaired) electrons. The molecule has 5 heterocycles. The highest BCUT2D eigenvalue weighted by Gasteiger charge is 2.44. The number of rotatable bonds is 4. The average molecular weight is 507 g/mol. The Morgan fingerprint density at radius 1 is 1.14 bits per heavy atom. The summed E-state index contributed by atoms with van der Waals surface area (Å²) in [6.45, 7) is 12.7. The van der Waals surface area contributed by atoms with E-state index in [2.05, 4.69) is 34.4 Å². The van der Waals surface area contributed by atoms with Crippen molar-refractivity contribution in [1.82, 2.24) is 19.8 Å². The number of hydrogen-bond donors (Lipinski definition) is 0. The Bertz CT molecular complexity index is 1040. The third-order valence-corrected chi connectivity index (χ3v) is 8.31. The van der Waals surface area contributed by atoms with Crippen molar-refractivity contribution >= 4 is 17.5 Å². The number of ether oxygens (including phenoxy) is 1. The average Bonchev–Trinajstić information content (AvgIpc) is 3.21. The van der Waals surface area contributed by atoms with E-state index in [0.717, 1.165) is 25.9 Å². The van der Waals surface area contributed by atoms with E-state index in [9.17, 15) is 18.0 Å². The number of hydrogen-bond acceptors (Lipinski definition) is 7. The lowest BCUT2D eigenvalue weighted by molar-refractivity contribution is -0.144. The van der Waals surface area contributed by atoms with Gasteiger partial charge in [-0.2, -0.15) is 13.2 Å². The summed E-state index contributed by atoms with van der Waals surface area (Å²) in [5.74, 6) is -0.546. The van der Waals surface area contributed by atoms with Gasteiger partial charge in [-0.3, -0.25) is 9.69 Å². The second kappa shape index (κ2) is 9.33. The smallest absolute Gasteiger partial charge is 0.366 e. The molecule has 1 spiro atoms. The fourth-order valence-corrected chi connectivity index (χ4v) is 5.84. The molecule has 2 atom stereocenters. The van der Waals surface area contributed by atoms with E-state index in [0.29, 0.717) is 51.0 Å². The summed E-state index contributed by atoms with van der Waals surface area (Å²) < 4.78 is 47.2. The van der Waals surface area contributed by atoms with E-state index < -0.39 is 12.0 Å². The first-order valence-corrected chi connectivity index (χ1v) is 12.6. The minimum absolute atomic E-state index is 0.000194. The van der Waals surface area contributed by atoms with Crippen molar-refractivity contribution in [3.8, 4) is 0 Å². The highest BCUT2D eigenvalue weighted by atomic mass is 19.4. The zero-order valence-electron chi connectivity index (χ0n) is 20.8. The summed E-state index contributed by atoms with van der Waals surface area (Å²) >= 11 is 0. The van der Waals surface area contributed by atoms with Gasteiger partial charge in [0.05, 0.1) is 12.2 Å². The van der Waals surface area contributed by atoms with Gasteiger partial charge in [0.25, 0.3) is 0 Å². The highest BCUT2D eigenvalue weighted by molar-refractivity contribution is 5.87. The number of aromatic nitrogens is 2. The molecule has 0 unspecified atom stereocenters. The van der Waals surface area contributed by atoms with Crippen molar-refractivity contribution < 1.29 is 22.7 Å². The first kappa shape index (κ1) is 25.0. The van der Waals surface area contributed by atoms with Crippen molar-refractivity contribution in [3.63, 3.8) is 0 Å². The van der Waals surface area contributed by atoms with Gasteiger partial charge in [-0.15, -0.1) is 0 Å². The van der Waals surface area contributed by atoms with Crippen molar-refractivity contribution in [1.29, 1.82) is 0 Å². The molecule has 0 bridgehead atoms. The number of piperazine rings is 1. The normalized spacial score (nSPS) is 26.7. The molecule has 1 amide bonds. The SMILES string of the molecule is C=CC(=O)N1CCN([C@@H]2CN(c3cc(N4CCC5(CC4)OCC=C5C)nc(C(F)(F)F)n3)[C@@H]2C)CC1. The topological polar surface area (TPSA) is 65.0 Å². The second-order valence-corrected chi connectivity index (χ2v) is 10.1. The summed E-state index contributed by atoms with van der Waals surface area (Å²) in [6, 6.07) is 1.89. The molecule has 0 N–H and O–H groups in total. The number of carbonyl (C=O) groups is 1. The molecule has 3 saturated heterocycles. The van der Waals surface area contributed by atoms with Crippen LogP contribution in [0.1, 0.15) is 32.5 Å². The summed E-state index contributed by atoms with van der Waals surface area (Å²) in [6.07, 6.45) is 0.225. The predicted octanol–water partition coefficient (Wildman–Crippen LogP) is 2.72. The summed E-state index contributed by atoms with van der Waals surface area (Å²) in [4.78, 5) is 27.6. The van der Waals surface area contributed by atoms with Gasteiger partial charge in [-0.05, 0) is 38.3 Å². The molecule has 0 aliphatic carbocycles. The molecular weight excluding hydrogens is 473 g/mol. The van der Waals surface area contributed by atoms with Gasteiger partial charge in [0.1, 0.15) is 11.6 Å². The van der Waals surface area contributed by atoms with Gasteiger partial charge >= 0.3 is 6.18 Å². The molecule has 8 nitrogen and oxygen atoms in total. The summed E-state index contributed by atoms with van der Waals surface area (Å²) in [5, 5.41) is 0. The van der Waals surface area contributed by atoms with Gasteiger partial charge in [0.15, 0.2) is 0 Å². The van der Waals surface area contributed by atoms with Crippen molar-refractivity contribution in [2.24, 2.45) is 0 Å². The van der Waals surface area contributed by atoms with Crippen molar-refractivity contribution in [2.45, 2.75) is 50.6 Å². The molecule has 196 valence electrons. The van der Waals surface area contributed by atoms with E-state index in [1.807, 2.05) is 16.7 Å². The van der Waals surface area contributed by atoms with Gasteiger partial charge in [0, 0.05) is 64.0 Å². The Morgan fingerprint density at radius 3 is 2.36 bits per heavy atom. The lowest BCUT2D eigenvalue weighted by atomic mass is 9.85. The maximum Gasteiger partial charge on any atom is 0.451 e. The molecule has 4 aliphatic rings. The molecule has 4 aliphatic heterocycles. The minimum Gasteiger partial charge on any atom is -0.366 e. The fraction of sp³-hybridized carbons (Fsp3) is 0.640. The molecule has 1 aromatic rings. The molecule has 1 aromatic heterocycles. The fourth-order valence-electron chi connectivity index (χ4n) is 5.84. The number of carbonyl (C=O) groups excluding carboxylic acids is 1. The standard InChI is InChI=1S/C25H33F3N6O2/c1-4-22(35)33-12-10-31(11-13-33)19-16-34(18(19)3)21-15-20(29-23(30-21)25(26,27)28)32-8-6-24(7-9-32)17(2)5-14-36-24/h4-5,15,18-19H,1,6-14,16H2,2-3H3/t18-,19-/m1/s1. The maximum absolute atomic E-state index is 13.8. The Balaban J connectivity index is 1.29. The van der Waals surface area contributed by atoms with Crippen LogP contribution < -0.4 is 9.80 Å². The molecule has 0 aromatic carbocycles. The van der Waals surface area contributed by atoms with Crippen LogP contribution in [0.5, 0.6) is 0 Å². The van der Waals surface area contributed by atoms with E-state index in [-0.39, 0.29) is 23.6 Å². The molecule has 11 heteroatoms. The zero-order chi connectivity index (χ0) is 25.7. The Hall–Kier alpha value is -2.66. The Morgan fingerprint density at radius 2 is 1.81 bits per heavy atom. The van der Waals surface area contributed by atoms with Crippen LogP contribution in [0.3, 0.4) is 0 Å². The lowest BCUT2D eigenvalue weighted by Crippen LogP contribution is -2.68.